The largest absolute Gasteiger partial charge is 0.391 e. The van der Waals surface area contributed by atoms with Gasteiger partial charge in [-0.05, 0) is 31.4 Å². The molecule has 0 aromatic carbocycles. The number of anilines is 1. The smallest absolute Gasteiger partial charge is 0.324 e. The first-order valence-electron chi connectivity index (χ1n) is 7.62. The van der Waals surface area contributed by atoms with Gasteiger partial charge in [0.25, 0.3) is 0 Å². The third-order valence-corrected chi connectivity index (χ3v) is 4.18. The Labute approximate surface area is 136 Å². The van der Waals surface area contributed by atoms with Crippen molar-refractivity contribution in [2.45, 2.75) is 31.9 Å². The second-order valence-corrected chi connectivity index (χ2v) is 5.84. The summed E-state index contributed by atoms with van der Waals surface area (Å²) < 4.78 is 39.9. The average molecular weight is 339 g/mol. The highest BCUT2D eigenvalue weighted by atomic mass is 19.4. The monoisotopic (exact) mass is 339 g/mol. The van der Waals surface area contributed by atoms with Crippen molar-refractivity contribution in [2.24, 2.45) is 11.8 Å². The van der Waals surface area contributed by atoms with Gasteiger partial charge in [-0.25, -0.2) is 14.6 Å². The summed E-state index contributed by atoms with van der Waals surface area (Å²) in [6.07, 6.45) is 0.895. The first-order chi connectivity index (χ1) is 11.4. The van der Waals surface area contributed by atoms with Crippen LogP contribution in [0.25, 0.3) is 5.82 Å². The van der Waals surface area contributed by atoms with E-state index in [1.54, 1.807) is 12.1 Å². The molecule has 6 nitrogen and oxygen atoms in total. The van der Waals surface area contributed by atoms with Gasteiger partial charge in [-0.3, -0.25) is 4.79 Å². The Morgan fingerprint density at radius 2 is 2.12 bits per heavy atom. The number of rotatable bonds is 3. The van der Waals surface area contributed by atoms with Crippen LogP contribution in [-0.2, 0) is 4.79 Å². The topological polar surface area (TPSA) is 72.7 Å². The summed E-state index contributed by atoms with van der Waals surface area (Å²) in [7, 11) is 0. The van der Waals surface area contributed by atoms with Crippen LogP contribution < -0.4 is 5.32 Å². The number of alkyl halides is 3. The van der Waals surface area contributed by atoms with Crippen molar-refractivity contribution in [3.63, 3.8) is 0 Å². The minimum absolute atomic E-state index is 0.0986. The summed E-state index contributed by atoms with van der Waals surface area (Å²) >= 11 is 0. The third kappa shape index (κ3) is 3.72. The second kappa shape index (κ2) is 6.58. The highest BCUT2D eigenvalue weighted by Crippen LogP contribution is 2.40. The molecule has 1 N–H and O–H groups in total. The quantitative estimate of drug-likeness (QED) is 0.933. The Balaban J connectivity index is 1.62. The number of amides is 1. The maximum absolute atomic E-state index is 12.8. The van der Waals surface area contributed by atoms with Gasteiger partial charge in [-0.2, -0.15) is 18.3 Å². The lowest BCUT2D eigenvalue weighted by molar-refractivity contribution is -0.185. The fourth-order valence-electron chi connectivity index (χ4n) is 2.89. The summed E-state index contributed by atoms with van der Waals surface area (Å²) in [4.78, 5) is 20.2. The first kappa shape index (κ1) is 16.4. The van der Waals surface area contributed by atoms with Crippen molar-refractivity contribution in [2.75, 3.05) is 5.32 Å². The highest BCUT2D eigenvalue weighted by molar-refractivity contribution is 5.92. The molecule has 2 aromatic heterocycles. The number of hydrogen-bond acceptors (Lipinski definition) is 4. The number of carbonyl (C=O) groups is 1. The van der Waals surface area contributed by atoms with E-state index in [-0.39, 0.29) is 18.7 Å². The summed E-state index contributed by atoms with van der Waals surface area (Å²) in [6, 6.07) is 3.27. The number of nitrogens with zero attached hydrogens (tertiary/aromatic N) is 4. The van der Waals surface area contributed by atoms with Crippen LogP contribution >= 0.6 is 0 Å². The van der Waals surface area contributed by atoms with Crippen molar-refractivity contribution in [1.29, 1.82) is 0 Å². The summed E-state index contributed by atoms with van der Waals surface area (Å²) in [6.45, 7) is 0. The molecular weight excluding hydrogens is 323 g/mol. The van der Waals surface area contributed by atoms with E-state index < -0.39 is 18.0 Å². The number of carbonyl (C=O) groups excluding carboxylic acids is 1. The van der Waals surface area contributed by atoms with Crippen LogP contribution in [0.15, 0.2) is 31.0 Å². The van der Waals surface area contributed by atoms with Gasteiger partial charge in [0, 0.05) is 5.92 Å². The van der Waals surface area contributed by atoms with Crippen LogP contribution in [0.2, 0.25) is 0 Å². The molecule has 2 atom stereocenters. The van der Waals surface area contributed by atoms with Gasteiger partial charge < -0.3 is 5.32 Å². The summed E-state index contributed by atoms with van der Waals surface area (Å²) in [5.74, 6) is -1.88. The fourth-order valence-corrected chi connectivity index (χ4v) is 2.89. The Bertz CT molecular complexity index is 684. The van der Waals surface area contributed by atoms with Gasteiger partial charge in [0.05, 0.1) is 17.8 Å². The van der Waals surface area contributed by atoms with E-state index in [1.807, 2.05) is 0 Å². The molecule has 1 aliphatic rings. The summed E-state index contributed by atoms with van der Waals surface area (Å²) in [5, 5.41) is 6.57. The van der Waals surface area contributed by atoms with Crippen LogP contribution in [0, 0.1) is 11.8 Å². The molecule has 9 heteroatoms. The zero-order valence-electron chi connectivity index (χ0n) is 12.7. The van der Waals surface area contributed by atoms with Gasteiger partial charge >= 0.3 is 6.18 Å². The van der Waals surface area contributed by atoms with E-state index in [4.69, 9.17) is 0 Å². The minimum Gasteiger partial charge on any atom is -0.324 e. The maximum atomic E-state index is 12.8. The number of hydrogen-bond donors (Lipinski definition) is 1. The van der Waals surface area contributed by atoms with Crippen LogP contribution in [0.4, 0.5) is 18.9 Å². The lowest BCUT2D eigenvalue weighted by Gasteiger charge is -2.29. The van der Waals surface area contributed by atoms with Gasteiger partial charge in [0.1, 0.15) is 12.7 Å². The van der Waals surface area contributed by atoms with Gasteiger partial charge in [0.15, 0.2) is 5.82 Å². The zero-order chi connectivity index (χ0) is 17.2. The predicted octanol–water partition coefficient (Wildman–Crippen LogP) is 2.97. The molecule has 2 heterocycles. The Morgan fingerprint density at radius 3 is 2.75 bits per heavy atom. The fraction of sp³-hybridized carbons (Fsp3) is 0.467. The Morgan fingerprint density at radius 1 is 1.29 bits per heavy atom. The average Bonchev–Trinajstić information content (AvgIpc) is 3.09. The van der Waals surface area contributed by atoms with Crippen molar-refractivity contribution < 1.29 is 18.0 Å². The maximum Gasteiger partial charge on any atom is 0.391 e. The molecule has 0 saturated heterocycles. The Hall–Kier alpha value is -2.45. The van der Waals surface area contributed by atoms with Crippen LogP contribution in [0.5, 0.6) is 0 Å². The normalized spacial score (nSPS) is 21.5. The molecule has 2 unspecified atom stereocenters. The number of aromatic nitrogens is 4. The zero-order valence-corrected chi connectivity index (χ0v) is 12.7. The van der Waals surface area contributed by atoms with Gasteiger partial charge in [-0.15, -0.1) is 0 Å². The standard InChI is InChI=1S/C15H16F3N5O/c16-15(17,18)11-3-1-2-10(6-11)14(24)22-12-4-5-13(20-7-12)23-9-19-8-21-23/h4-5,7-11H,1-3,6H2,(H,22,24). The molecule has 1 aliphatic carbocycles. The van der Waals surface area contributed by atoms with E-state index in [1.165, 1.54) is 23.5 Å². The van der Waals surface area contributed by atoms with Crippen molar-refractivity contribution in [3.8, 4) is 5.82 Å². The van der Waals surface area contributed by atoms with Crippen molar-refractivity contribution in [1.82, 2.24) is 19.7 Å². The molecule has 0 radical (unpaired) electrons. The molecule has 1 fully saturated rings. The molecular formula is C15H16F3N5O. The van der Waals surface area contributed by atoms with Gasteiger partial charge in [-0.1, -0.05) is 6.42 Å². The molecule has 0 spiro atoms. The highest BCUT2D eigenvalue weighted by Gasteiger charge is 2.43. The molecule has 1 saturated carbocycles. The van der Waals surface area contributed by atoms with E-state index >= 15 is 0 Å². The molecule has 3 rings (SSSR count). The second-order valence-electron chi connectivity index (χ2n) is 5.84. The predicted molar refractivity (Wildman–Crippen MR) is 79.3 cm³/mol. The van der Waals surface area contributed by atoms with Gasteiger partial charge in [0.2, 0.25) is 5.91 Å². The van der Waals surface area contributed by atoms with E-state index in [0.717, 1.165) is 0 Å². The number of halogens is 3. The lowest BCUT2D eigenvalue weighted by atomic mass is 9.80. The number of nitrogens with one attached hydrogen (secondary N) is 1. The SMILES string of the molecule is O=C(Nc1ccc(-n2cncn2)nc1)C1CCCC(C(F)(F)F)C1. The lowest BCUT2D eigenvalue weighted by Crippen LogP contribution is -2.34. The van der Waals surface area contributed by atoms with Crippen molar-refractivity contribution >= 4 is 11.6 Å². The first-order valence-corrected chi connectivity index (χ1v) is 7.62. The third-order valence-electron chi connectivity index (χ3n) is 4.18. The van der Waals surface area contributed by atoms with E-state index in [0.29, 0.717) is 24.3 Å². The van der Waals surface area contributed by atoms with Crippen LogP contribution in [-0.4, -0.2) is 31.8 Å². The molecule has 2 aromatic rings. The molecule has 0 aliphatic heterocycles. The van der Waals surface area contributed by atoms with Crippen molar-refractivity contribution in [3.05, 3.63) is 31.0 Å². The van der Waals surface area contributed by atoms with Crippen LogP contribution in [0.3, 0.4) is 0 Å². The number of pyridine rings is 1. The molecule has 1 amide bonds. The minimum atomic E-state index is -4.24. The summed E-state index contributed by atoms with van der Waals surface area (Å²) in [5.41, 5.74) is 0.443. The van der Waals surface area contributed by atoms with E-state index in [9.17, 15) is 18.0 Å². The Kier molecular flexibility index (Phi) is 4.50. The molecule has 0 bridgehead atoms. The van der Waals surface area contributed by atoms with Crippen LogP contribution in [0.1, 0.15) is 25.7 Å². The van der Waals surface area contributed by atoms with E-state index in [2.05, 4.69) is 20.4 Å². The molecule has 128 valence electrons. The molecule has 24 heavy (non-hydrogen) atoms.